The molecule has 0 saturated carbocycles. The maximum Gasteiger partial charge on any atom is 0.330 e. The first-order chi connectivity index (χ1) is 8.72. The average Bonchev–Trinajstić information content (AvgIpc) is 2.75. The Morgan fingerprint density at radius 3 is 3.06 bits per heavy atom. The van der Waals surface area contributed by atoms with E-state index in [1.165, 1.54) is 22.8 Å². The zero-order valence-corrected chi connectivity index (χ0v) is 11.9. The third kappa shape index (κ3) is 2.91. The summed E-state index contributed by atoms with van der Waals surface area (Å²) in [6, 6.07) is 6.23. The third-order valence-electron chi connectivity index (χ3n) is 2.93. The zero-order chi connectivity index (χ0) is 13.0. The lowest BCUT2D eigenvalue weighted by Gasteiger charge is -2.01. The molecule has 0 radical (unpaired) electrons. The Hall–Kier alpha value is -1.35. The van der Waals surface area contributed by atoms with Crippen LogP contribution < -0.4 is 0 Å². The molecule has 1 aliphatic carbocycles. The molecule has 0 N–H and O–H groups in total. The summed E-state index contributed by atoms with van der Waals surface area (Å²) in [6.45, 7) is 2.21. The van der Waals surface area contributed by atoms with Crippen LogP contribution in [0.2, 0.25) is 0 Å². The summed E-state index contributed by atoms with van der Waals surface area (Å²) in [5.74, 6) is -0.290. The number of fused-ring (bicyclic) bond motifs is 1. The molecule has 1 aromatic rings. The first kappa shape index (κ1) is 13.1. The molecule has 0 saturated heterocycles. The topological polar surface area (TPSA) is 26.3 Å². The van der Waals surface area contributed by atoms with Gasteiger partial charge in [0.15, 0.2) is 0 Å². The van der Waals surface area contributed by atoms with E-state index in [2.05, 4.69) is 28.1 Å². The van der Waals surface area contributed by atoms with Crippen molar-refractivity contribution in [2.24, 2.45) is 0 Å². The molecule has 18 heavy (non-hydrogen) atoms. The van der Waals surface area contributed by atoms with Crippen LogP contribution in [0.3, 0.4) is 0 Å². The molecular formula is C15H15BrO2. The van der Waals surface area contributed by atoms with Gasteiger partial charge in [-0.25, -0.2) is 4.79 Å². The Bertz CT molecular complexity index is 515. The van der Waals surface area contributed by atoms with E-state index in [0.29, 0.717) is 6.61 Å². The highest BCUT2D eigenvalue weighted by molar-refractivity contribution is 9.10. The summed E-state index contributed by atoms with van der Waals surface area (Å²) in [5, 5.41) is 0. The Morgan fingerprint density at radius 2 is 2.28 bits per heavy atom. The average molecular weight is 307 g/mol. The largest absolute Gasteiger partial charge is 0.463 e. The number of esters is 1. The number of hydrogen-bond acceptors (Lipinski definition) is 2. The monoisotopic (exact) mass is 306 g/mol. The second-order valence-corrected chi connectivity index (χ2v) is 4.92. The minimum atomic E-state index is -0.290. The van der Waals surface area contributed by atoms with Gasteiger partial charge >= 0.3 is 5.97 Å². The Balaban J connectivity index is 2.14. The van der Waals surface area contributed by atoms with Crippen LogP contribution in [0, 0.1) is 0 Å². The van der Waals surface area contributed by atoms with Crippen LogP contribution in [0.4, 0.5) is 0 Å². The van der Waals surface area contributed by atoms with Gasteiger partial charge in [0.05, 0.1) is 6.61 Å². The molecular weight excluding hydrogens is 292 g/mol. The fourth-order valence-corrected chi connectivity index (χ4v) is 2.68. The van der Waals surface area contributed by atoms with E-state index in [0.717, 1.165) is 17.3 Å². The van der Waals surface area contributed by atoms with Gasteiger partial charge in [-0.2, -0.15) is 0 Å². The summed E-state index contributed by atoms with van der Waals surface area (Å²) in [6.07, 6.45) is 7.30. The molecule has 0 unspecified atom stereocenters. The van der Waals surface area contributed by atoms with Crippen LogP contribution >= 0.6 is 15.9 Å². The molecule has 0 aromatic heterocycles. The van der Waals surface area contributed by atoms with Crippen molar-refractivity contribution in [1.82, 2.24) is 0 Å². The fourth-order valence-electron chi connectivity index (χ4n) is 2.11. The van der Waals surface area contributed by atoms with Gasteiger partial charge in [0.1, 0.15) is 0 Å². The van der Waals surface area contributed by atoms with Crippen LogP contribution in [-0.4, -0.2) is 12.6 Å². The molecule has 2 rings (SSSR count). The summed E-state index contributed by atoms with van der Waals surface area (Å²) < 4.78 is 6.00. The van der Waals surface area contributed by atoms with Crippen molar-refractivity contribution in [3.05, 3.63) is 52.0 Å². The highest BCUT2D eigenvalue weighted by atomic mass is 79.9. The molecule has 0 spiro atoms. The van der Waals surface area contributed by atoms with Crippen LogP contribution in [0.15, 0.2) is 40.9 Å². The lowest BCUT2D eigenvalue weighted by molar-refractivity contribution is -0.137. The van der Waals surface area contributed by atoms with Crippen molar-refractivity contribution < 1.29 is 9.53 Å². The standard InChI is InChI=1S/C15H15BrO2/c1-2-18-15(17)8-3-5-11-9-10-13-12(11)6-4-7-14(13)16/h3-8H,2,9-10H2,1H3. The number of halogens is 1. The maximum absolute atomic E-state index is 11.2. The minimum Gasteiger partial charge on any atom is -0.463 e. The van der Waals surface area contributed by atoms with Crippen LogP contribution in [0.1, 0.15) is 24.5 Å². The molecule has 94 valence electrons. The molecule has 0 fully saturated rings. The normalized spacial score (nSPS) is 16.2. The Morgan fingerprint density at radius 1 is 1.44 bits per heavy atom. The van der Waals surface area contributed by atoms with E-state index < -0.39 is 0 Å². The number of benzene rings is 1. The smallest absolute Gasteiger partial charge is 0.330 e. The van der Waals surface area contributed by atoms with Crippen LogP contribution in [0.5, 0.6) is 0 Å². The lowest BCUT2D eigenvalue weighted by atomic mass is 10.1. The second kappa shape index (κ2) is 6.01. The summed E-state index contributed by atoms with van der Waals surface area (Å²) in [4.78, 5) is 11.2. The molecule has 1 aliphatic rings. The maximum atomic E-state index is 11.2. The van der Waals surface area contributed by atoms with E-state index >= 15 is 0 Å². The van der Waals surface area contributed by atoms with E-state index in [1.807, 2.05) is 12.1 Å². The van der Waals surface area contributed by atoms with E-state index in [4.69, 9.17) is 4.74 Å². The molecule has 1 aromatic carbocycles. The highest BCUT2D eigenvalue weighted by Gasteiger charge is 2.17. The van der Waals surface area contributed by atoms with Crippen molar-refractivity contribution in [3.8, 4) is 0 Å². The van der Waals surface area contributed by atoms with Crippen molar-refractivity contribution in [1.29, 1.82) is 0 Å². The van der Waals surface area contributed by atoms with Crippen LogP contribution in [0.25, 0.3) is 5.57 Å². The van der Waals surface area contributed by atoms with Gasteiger partial charge in [-0.3, -0.25) is 0 Å². The van der Waals surface area contributed by atoms with Crippen molar-refractivity contribution in [2.45, 2.75) is 19.8 Å². The molecule has 3 heteroatoms. The summed E-state index contributed by atoms with van der Waals surface area (Å²) >= 11 is 3.57. The van der Waals surface area contributed by atoms with Gasteiger partial charge in [0, 0.05) is 10.5 Å². The Kier molecular flexibility index (Phi) is 4.37. The summed E-state index contributed by atoms with van der Waals surface area (Å²) in [7, 11) is 0. The predicted octanol–water partition coefficient (Wildman–Crippen LogP) is 3.90. The predicted molar refractivity (Wildman–Crippen MR) is 76.2 cm³/mol. The quantitative estimate of drug-likeness (QED) is 0.625. The molecule has 0 atom stereocenters. The SMILES string of the molecule is CCOC(=O)C=CC=C1CCc2c(Br)cccc21. The molecule has 0 aliphatic heterocycles. The van der Waals surface area contributed by atoms with E-state index in [-0.39, 0.29) is 5.97 Å². The number of ether oxygens (including phenoxy) is 1. The van der Waals surface area contributed by atoms with Gasteiger partial charge in [0.2, 0.25) is 0 Å². The first-order valence-corrected chi connectivity index (χ1v) is 6.83. The Labute approximate surface area is 115 Å². The van der Waals surface area contributed by atoms with Gasteiger partial charge in [0.25, 0.3) is 0 Å². The number of carbonyl (C=O) groups is 1. The number of carbonyl (C=O) groups excluding carboxylic acids is 1. The second-order valence-electron chi connectivity index (χ2n) is 4.07. The van der Waals surface area contributed by atoms with E-state index in [9.17, 15) is 4.79 Å². The van der Waals surface area contributed by atoms with E-state index in [1.54, 1.807) is 13.0 Å². The van der Waals surface area contributed by atoms with Crippen LogP contribution in [-0.2, 0) is 16.0 Å². The number of rotatable bonds is 3. The summed E-state index contributed by atoms with van der Waals surface area (Å²) in [5.41, 5.74) is 3.90. The van der Waals surface area contributed by atoms with Crippen molar-refractivity contribution in [3.63, 3.8) is 0 Å². The molecule has 0 heterocycles. The number of allylic oxidation sites excluding steroid dienone is 3. The minimum absolute atomic E-state index is 0.290. The van der Waals surface area contributed by atoms with Crippen molar-refractivity contribution in [2.75, 3.05) is 6.61 Å². The van der Waals surface area contributed by atoms with Gasteiger partial charge < -0.3 is 4.74 Å². The van der Waals surface area contributed by atoms with Gasteiger partial charge in [-0.1, -0.05) is 40.2 Å². The zero-order valence-electron chi connectivity index (χ0n) is 10.3. The lowest BCUT2D eigenvalue weighted by Crippen LogP contribution is -1.98. The van der Waals surface area contributed by atoms with Gasteiger partial charge in [-0.05, 0) is 42.5 Å². The van der Waals surface area contributed by atoms with Crippen molar-refractivity contribution >= 4 is 27.5 Å². The molecule has 2 nitrogen and oxygen atoms in total. The molecule has 0 bridgehead atoms. The first-order valence-electron chi connectivity index (χ1n) is 6.04. The highest BCUT2D eigenvalue weighted by Crippen LogP contribution is 2.36. The fraction of sp³-hybridized carbons (Fsp3) is 0.267. The third-order valence-corrected chi connectivity index (χ3v) is 3.67. The number of hydrogen-bond donors (Lipinski definition) is 0. The molecule has 0 amide bonds. The van der Waals surface area contributed by atoms with Gasteiger partial charge in [-0.15, -0.1) is 0 Å².